The summed E-state index contributed by atoms with van der Waals surface area (Å²) in [5.74, 6) is 0.216. The molecule has 0 saturated carbocycles. The number of hydrogen-bond donors (Lipinski definition) is 0. The van der Waals surface area contributed by atoms with Crippen LogP contribution in [0.4, 0.5) is 0 Å². The van der Waals surface area contributed by atoms with Crippen molar-refractivity contribution in [2.24, 2.45) is 0 Å². The molecule has 0 aliphatic rings. The molecule has 0 radical (unpaired) electrons. The van der Waals surface area contributed by atoms with Gasteiger partial charge >= 0.3 is 5.97 Å². The van der Waals surface area contributed by atoms with Crippen molar-refractivity contribution in [3.8, 4) is 11.8 Å². The number of nitriles is 1. The maximum absolute atomic E-state index is 11.5. The average Bonchev–Trinajstić information content (AvgIpc) is 2.36. The lowest BCUT2D eigenvalue weighted by molar-refractivity contribution is -0.141. The third-order valence-corrected chi connectivity index (χ3v) is 2.21. The van der Waals surface area contributed by atoms with Crippen molar-refractivity contribution >= 4 is 11.5 Å². The minimum Gasteiger partial charge on any atom is -0.494 e. The highest BCUT2D eigenvalue weighted by atomic mass is 16.5. The van der Waals surface area contributed by atoms with Gasteiger partial charge in [-0.3, -0.25) is 0 Å². The third kappa shape index (κ3) is 4.84. The molecule has 19 heavy (non-hydrogen) atoms. The van der Waals surface area contributed by atoms with Gasteiger partial charge in [-0.05, 0) is 50.6 Å². The number of nitrogens with zero attached hydrogens (tertiary/aromatic N) is 1. The number of hydrogen-bond acceptors (Lipinski definition) is 4. The van der Waals surface area contributed by atoms with Crippen molar-refractivity contribution in [1.82, 2.24) is 0 Å². The zero-order chi connectivity index (χ0) is 14.3. The monoisotopic (exact) mass is 259 g/mol. The van der Waals surface area contributed by atoms with Crippen LogP contribution in [0.3, 0.4) is 0 Å². The summed E-state index contributed by atoms with van der Waals surface area (Å²) in [6, 6.07) is 8.99. The maximum Gasteiger partial charge on any atom is 0.332 e. The van der Waals surface area contributed by atoms with Crippen molar-refractivity contribution in [2.75, 3.05) is 6.61 Å². The summed E-state index contributed by atoms with van der Waals surface area (Å²) < 4.78 is 10.3. The van der Waals surface area contributed by atoms with E-state index in [1.807, 2.05) is 13.0 Å². The summed E-state index contributed by atoms with van der Waals surface area (Å²) >= 11 is 0. The number of carbonyl (C=O) groups excluding carboxylic acids is 1. The molecule has 0 bridgehead atoms. The standard InChI is InChI=1S/C15H17NO3/c1-4-18-14-7-5-12(6-8-14)13(10-16)9-15(17)19-11(2)3/h5-9,11H,4H2,1-3H3. The highest BCUT2D eigenvalue weighted by Gasteiger charge is 2.07. The molecule has 4 nitrogen and oxygen atoms in total. The van der Waals surface area contributed by atoms with Crippen LogP contribution in [0.2, 0.25) is 0 Å². The smallest absolute Gasteiger partial charge is 0.332 e. The van der Waals surface area contributed by atoms with Gasteiger partial charge in [0.2, 0.25) is 0 Å². The summed E-state index contributed by atoms with van der Waals surface area (Å²) in [5, 5.41) is 9.08. The van der Waals surface area contributed by atoms with Crippen LogP contribution >= 0.6 is 0 Å². The number of carbonyl (C=O) groups is 1. The fourth-order valence-corrected chi connectivity index (χ4v) is 1.46. The van der Waals surface area contributed by atoms with E-state index < -0.39 is 5.97 Å². The molecule has 0 heterocycles. The predicted molar refractivity (Wildman–Crippen MR) is 72.4 cm³/mol. The van der Waals surface area contributed by atoms with Gasteiger partial charge in [-0.25, -0.2) is 4.79 Å². The Balaban J connectivity index is 2.88. The van der Waals surface area contributed by atoms with Gasteiger partial charge in [-0.1, -0.05) is 0 Å². The van der Waals surface area contributed by atoms with Crippen LogP contribution in [0.25, 0.3) is 5.57 Å². The lowest BCUT2D eigenvalue weighted by Crippen LogP contribution is -2.09. The minimum absolute atomic E-state index is 0.205. The Labute approximate surface area is 113 Å². The molecule has 0 aliphatic carbocycles. The highest BCUT2D eigenvalue weighted by molar-refractivity contribution is 5.95. The van der Waals surface area contributed by atoms with E-state index in [1.54, 1.807) is 38.1 Å². The summed E-state index contributed by atoms with van der Waals surface area (Å²) in [5.41, 5.74) is 0.931. The number of allylic oxidation sites excluding steroid dienone is 1. The first-order chi connectivity index (χ1) is 9.06. The van der Waals surface area contributed by atoms with Gasteiger partial charge in [0.25, 0.3) is 0 Å². The van der Waals surface area contributed by atoms with Crippen LogP contribution < -0.4 is 4.74 Å². The topological polar surface area (TPSA) is 59.3 Å². The molecule has 0 aromatic heterocycles. The predicted octanol–water partition coefficient (Wildman–Crippen LogP) is 2.94. The molecule has 1 aromatic rings. The Bertz CT molecular complexity index is 495. The first-order valence-electron chi connectivity index (χ1n) is 6.12. The number of benzene rings is 1. The summed E-state index contributed by atoms with van der Waals surface area (Å²) in [7, 11) is 0. The molecule has 0 fully saturated rings. The van der Waals surface area contributed by atoms with E-state index >= 15 is 0 Å². The van der Waals surface area contributed by atoms with E-state index in [0.29, 0.717) is 12.2 Å². The molecular weight excluding hydrogens is 242 g/mol. The second kappa shape index (κ2) is 7.22. The van der Waals surface area contributed by atoms with Crippen molar-refractivity contribution < 1.29 is 14.3 Å². The second-order valence-electron chi connectivity index (χ2n) is 4.11. The van der Waals surface area contributed by atoms with E-state index in [4.69, 9.17) is 14.7 Å². The molecule has 0 aliphatic heterocycles. The number of ether oxygens (including phenoxy) is 2. The first kappa shape index (κ1) is 14.8. The van der Waals surface area contributed by atoms with Crippen molar-refractivity contribution in [1.29, 1.82) is 5.26 Å². The normalized spacial score (nSPS) is 11.0. The van der Waals surface area contributed by atoms with E-state index in [-0.39, 0.29) is 11.7 Å². The summed E-state index contributed by atoms with van der Waals surface area (Å²) in [6.45, 7) is 6.00. The maximum atomic E-state index is 11.5. The largest absolute Gasteiger partial charge is 0.494 e. The van der Waals surface area contributed by atoms with Crippen LogP contribution in [-0.4, -0.2) is 18.7 Å². The SMILES string of the molecule is CCOc1ccc(C(C#N)=CC(=O)OC(C)C)cc1. The van der Waals surface area contributed by atoms with Gasteiger partial charge < -0.3 is 9.47 Å². The Kier molecular flexibility index (Phi) is 5.62. The zero-order valence-electron chi connectivity index (χ0n) is 11.3. The fraction of sp³-hybridized carbons (Fsp3) is 0.333. The molecule has 0 unspecified atom stereocenters. The van der Waals surface area contributed by atoms with Crippen LogP contribution in [0.1, 0.15) is 26.3 Å². The highest BCUT2D eigenvalue weighted by Crippen LogP contribution is 2.18. The van der Waals surface area contributed by atoms with Gasteiger partial charge in [-0.2, -0.15) is 5.26 Å². The number of rotatable bonds is 5. The van der Waals surface area contributed by atoms with Gasteiger partial charge in [0.1, 0.15) is 11.8 Å². The van der Waals surface area contributed by atoms with Crippen LogP contribution in [0.5, 0.6) is 5.75 Å². The van der Waals surface area contributed by atoms with E-state index in [0.717, 1.165) is 5.75 Å². The van der Waals surface area contributed by atoms with Crippen LogP contribution in [0.15, 0.2) is 30.3 Å². The molecule has 0 saturated heterocycles. The summed E-state index contributed by atoms with van der Waals surface area (Å²) in [6.07, 6.45) is 0.999. The Morgan fingerprint density at radius 1 is 1.37 bits per heavy atom. The molecule has 0 N–H and O–H groups in total. The molecule has 1 rings (SSSR count). The lowest BCUT2D eigenvalue weighted by atomic mass is 10.1. The number of esters is 1. The Morgan fingerprint density at radius 3 is 2.47 bits per heavy atom. The molecule has 0 spiro atoms. The lowest BCUT2D eigenvalue weighted by Gasteiger charge is -2.06. The zero-order valence-corrected chi connectivity index (χ0v) is 11.3. The first-order valence-corrected chi connectivity index (χ1v) is 6.12. The third-order valence-electron chi connectivity index (χ3n) is 2.21. The Hall–Kier alpha value is -2.28. The van der Waals surface area contributed by atoms with E-state index in [1.165, 1.54) is 6.08 Å². The molecule has 100 valence electrons. The van der Waals surface area contributed by atoms with E-state index in [9.17, 15) is 4.79 Å². The molecule has 0 amide bonds. The van der Waals surface area contributed by atoms with Gasteiger partial charge in [0.15, 0.2) is 0 Å². The second-order valence-corrected chi connectivity index (χ2v) is 4.11. The van der Waals surface area contributed by atoms with Gasteiger partial charge in [0, 0.05) is 6.08 Å². The van der Waals surface area contributed by atoms with Gasteiger partial charge in [0.05, 0.1) is 18.3 Å². The Morgan fingerprint density at radius 2 is 2.00 bits per heavy atom. The fourth-order valence-electron chi connectivity index (χ4n) is 1.46. The van der Waals surface area contributed by atoms with E-state index in [2.05, 4.69) is 0 Å². The van der Waals surface area contributed by atoms with Crippen LogP contribution in [-0.2, 0) is 9.53 Å². The van der Waals surface area contributed by atoms with Gasteiger partial charge in [-0.15, -0.1) is 0 Å². The van der Waals surface area contributed by atoms with Crippen LogP contribution in [0, 0.1) is 11.3 Å². The molecule has 4 heteroatoms. The minimum atomic E-state index is -0.513. The molecular formula is C15H17NO3. The summed E-state index contributed by atoms with van der Waals surface area (Å²) in [4.78, 5) is 11.5. The van der Waals surface area contributed by atoms with Crippen molar-refractivity contribution in [3.63, 3.8) is 0 Å². The van der Waals surface area contributed by atoms with Crippen molar-refractivity contribution in [2.45, 2.75) is 26.9 Å². The molecule has 0 atom stereocenters. The molecule has 1 aromatic carbocycles. The average molecular weight is 259 g/mol. The quantitative estimate of drug-likeness (QED) is 0.463. The van der Waals surface area contributed by atoms with Crippen molar-refractivity contribution in [3.05, 3.63) is 35.9 Å².